The molecule has 1 unspecified atom stereocenters. The number of piperidine rings is 1. The van der Waals surface area contributed by atoms with Crippen molar-refractivity contribution in [3.05, 3.63) is 82.3 Å². The predicted molar refractivity (Wildman–Crippen MR) is 156 cm³/mol. The minimum Gasteiger partial charge on any atom is -0.464 e. The molecule has 5 rings (SSSR count). The number of amides is 1. The van der Waals surface area contributed by atoms with Crippen molar-refractivity contribution in [2.75, 3.05) is 47.5 Å². The number of furan rings is 1. The second-order valence-electron chi connectivity index (χ2n) is 11.0. The zero-order chi connectivity index (χ0) is 27.6. The fraction of sp³-hybridized carbons (Fsp3) is 0.452. The standard InChI is InChI=1S/C31H39N3O4S/c1-22-7-11-27(28(19-22)34-13-5-4-6-14-34)31(29-12-8-24(3)38-29)32-30(35)21-25-9-10-26(20-23(25)2)33-15-17-39(36,37)18-16-33/h7-12,19-20,31H,4-6,13-18,21H2,1-3H3,(H,32,35). The molecule has 1 aromatic heterocycles. The number of carbonyl (C=O) groups is 1. The van der Waals surface area contributed by atoms with Gasteiger partial charge in [0.1, 0.15) is 17.6 Å². The van der Waals surface area contributed by atoms with Gasteiger partial charge < -0.3 is 19.5 Å². The van der Waals surface area contributed by atoms with Gasteiger partial charge in [0.05, 0.1) is 17.9 Å². The molecule has 39 heavy (non-hydrogen) atoms. The smallest absolute Gasteiger partial charge is 0.225 e. The first-order chi connectivity index (χ1) is 18.7. The lowest BCUT2D eigenvalue weighted by Crippen LogP contribution is -2.40. The van der Waals surface area contributed by atoms with Gasteiger partial charge in [0.2, 0.25) is 5.91 Å². The zero-order valence-electron chi connectivity index (χ0n) is 23.2. The molecule has 3 heterocycles. The molecule has 2 fully saturated rings. The monoisotopic (exact) mass is 549 g/mol. The van der Waals surface area contributed by atoms with E-state index >= 15 is 0 Å². The van der Waals surface area contributed by atoms with E-state index in [1.54, 1.807) is 0 Å². The highest BCUT2D eigenvalue weighted by Gasteiger charge is 2.26. The van der Waals surface area contributed by atoms with Gasteiger partial charge in [0, 0.05) is 43.1 Å². The third kappa shape index (κ3) is 6.49. The maximum absolute atomic E-state index is 13.5. The van der Waals surface area contributed by atoms with Gasteiger partial charge in [-0.3, -0.25) is 4.79 Å². The van der Waals surface area contributed by atoms with E-state index in [0.717, 1.165) is 52.7 Å². The average Bonchev–Trinajstić information content (AvgIpc) is 3.35. The van der Waals surface area contributed by atoms with Crippen molar-refractivity contribution in [3.63, 3.8) is 0 Å². The van der Waals surface area contributed by atoms with Crippen molar-refractivity contribution in [1.82, 2.24) is 5.32 Å². The number of nitrogens with zero attached hydrogens (tertiary/aromatic N) is 2. The van der Waals surface area contributed by atoms with E-state index in [0.29, 0.717) is 13.1 Å². The zero-order valence-corrected chi connectivity index (χ0v) is 24.0. The number of hydrogen-bond donors (Lipinski definition) is 1. The van der Waals surface area contributed by atoms with E-state index in [1.807, 2.05) is 38.1 Å². The third-order valence-corrected chi connectivity index (χ3v) is 9.54. The number of aryl methyl sites for hydroxylation is 3. The number of anilines is 2. The Morgan fingerprint density at radius 1 is 0.897 bits per heavy atom. The summed E-state index contributed by atoms with van der Waals surface area (Å²) in [6, 6.07) is 16.0. The summed E-state index contributed by atoms with van der Waals surface area (Å²) in [5.74, 6) is 1.84. The van der Waals surface area contributed by atoms with Gasteiger partial charge in [-0.05, 0) is 87.1 Å². The molecule has 0 aliphatic carbocycles. The molecule has 2 aromatic carbocycles. The Morgan fingerprint density at radius 2 is 1.64 bits per heavy atom. The van der Waals surface area contributed by atoms with Crippen LogP contribution in [0.25, 0.3) is 0 Å². The summed E-state index contributed by atoms with van der Waals surface area (Å²) in [6.07, 6.45) is 3.85. The number of hydrogen-bond acceptors (Lipinski definition) is 6. The van der Waals surface area contributed by atoms with E-state index in [2.05, 4.69) is 46.3 Å². The number of benzene rings is 2. The Kier molecular flexibility index (Phi) is 8.03. The molecule has 2 saturated heterocycles. The van der Waals surface area contributed by atoms with Crippen LogP contribution in [0.3, 0.4) is 0 Å². The van der Waals surface area contributed by atoms with E-state index in [4.69, 9.17) is 4.42 Å². The molecule has 2 aliphatic rings. The molecular formula is C31H39N3O4S. The predicted octanol–water partition coefficient (Wildman–Crippen LogP) is 4.88. The molecule has 1 atom stereocenters. The Labute approximate surface area is 232 Å². The van der Waals surface area contributed by atoms with Crippen LogP contribution in [0.2, 0.25) is 0 Å². The van der Waals surface area contributed by atoms with E-state index in [-0.39, 0.29) is 23.8 Å². The number of nitrogens with one attached hydrogen (secondary N) is 1. The topological polar surface area (TPSA) is 82.9 Å². The molecule has 3 aromatic rings. The van der Waals surface area contributed by atoms with Gasteiger partial charge in [0.25, 0.3) is 0 Å². The summed E-state index contributed by atoms with van der Waals surface area (Å²) in [4.78, 5) is 18.0. The first-order valence-corrected chi connectivity index (χ1v) is 15.8. The summed E-state index contributed by atoms with van der Waals surface area (Å²) in [5, 5.41) is 3.29. The van der Waals surface area contributed by atoms with Crippen molar-refractivity contribution in [2.45, 2.75) is 52.5 Å². The van der Waals surface area contributed by atoms with Crippen LogP contribution in [0.5, 0.6) is 0 Å². The molecule has 208 valence electrons. The fourth-order valence-corrected chi connectivity index (χ4v) is 6.85. The van der Waals surface area contributed by atoms with Gasteiger partial charge in [-0.2, -0.15) is 0 Å². The Balaban J connectivity index is 1.37. The maximum atomic E-state index is 13.5. The molecule has 7 nitrogen and oxygen atoms in total. The molecule has 0 saturated carbocycles. The van der Waals surface area contributed by atoms with Gasteiger partial charge >= 0.3 is 0 Å². The van der Waals surface area contributed by atoms with Crippen LogP contribution in [0.4, 0.5) is 11.4 Å². The summed E-state index contributed by atoms with van der Waals surface area (Å²) in [5.41, 5.74) is 6.39. The normalized spacial score (nSPS) is 18.1. The molecule has 1 amide bonds. The lowest BCUT2D eigenvalue weighted by molar-refractivity contribution is -0.121. The largest absolute Gasteiger partial charge is 0.464 e. The molecule has 0 radical (unpaired) electrons. The Morgan fingerprint density at radius 3 is 2.31 bits per heavy atom. The van der Waals surface area contributed by atoms with Crippen LogP contribution in [-0.2, 0) is 21.1 Å². The Bertz CT molecular complexity index is 1430. The van der Waals surface area contributed by atoms with Crippen molar-refractivity contribution >= 4 is 27.1 Å². The molecule has 2 aliphatic heterocycles. The van der Waals surface area contributed by atoms with E-state index in [1.165, 1.54) is 24.8 Å². The van der Waals surface area contributed by atoms with Gasteiger partial charge in [-0.15, -0.1) is 0 Å². The highest BCUT2D eigenvalue weighted by atomic mass is 32.2. The van der Waals surface area contributed by atoms with Gasteiger partial charge in [-0.25, -0.2) is 8.42 Å². The lowest BCUT2D eigenvalue weighted by Gasteiger charge is -2.33. The minimum atomic E-state index is -2.93. The van der Waals surface area contributed by atoms with Crippen LogP contribution in [0.15, 0.2) is 52.9 Å². The van der Waals surface area contributed by atoms with Gasteiger partial charge in [0.15, 0.2) is 9.84 Å². The minimum absolute atomic E-state index is 0.0702. The first kappa shape index (κ1) is 27.3. The molecule has 1 N–H and O–H groups in total. The lowest BCUT2D eigenvalue weighted by atomic mass is 9.97. The summed E-state index contributed by atoms with van der Waals surface area (Å²) in [6.45, 7) is 9.08. The molecule has 0 spiro atoms. The molecule has 0 bridgehead atoms. The second kappa shape index (κ2) is 11.5. The van der Waals surface area contributed by atoms with Crippen LogP contribution >= 0.6 is 0 Å². The SMILES string of the molecule is Cc1ccc(C(NC(=O)Cc2ccc(N3CCS(=O)(=O)CC3)cc2C)c2ccc(C)o2)c(N2CCCCC2)c1. The molecular weight excluding hydrogens is 510 g/mol. The molecule has 8 heteroatoms. The van der Waals surface area contributed by atoms with Crippen LogP contribution < -0.4 is 15.1 Å². The Hall–Kier alpha value is -3.26. The number of rotatable bonds is 7. The van der Waals surface area contributed by atoms with Crippen LogP contribution in [0.1, 0.15) is 59.1 Å². The summed E-state index contributed by atoms with van der Waals surface area (Å²) in [7, 11) is -2.93. The van der Waals surface area contributed by atoms with E-state index < -0.39 is 15.9 Å². The van der Waals surface area contributed by atoms with Crippen LogP contribution in [-0.4, -0.2) is 52.0 Å². The average molecular weight is 550 g/mol. The maximum Gasteiger partial charge on any atom is 0.225 e. The van der Waals surface area contributed by atoms with Crippen molar-refractivity contribution in [3.8, 4) is 0 Å². The quantitative estimate of drug-likeness (QED) is 0.453. The van der Waals surface area contributed by atoms with Crippen molar-refractivity contribution in [2.24, 2.45) is 0 Å². The first-order valence-electron chi connectivity index (χ1n) is 13.9. The summed E-state index contributed by atoms with van der Waals surface area (Å²) >= 11 is 0. The highest BCUT2D eigenvalue weighted by molar-refractivity contribution is 7.91. The third-order valence-electron chi connectivity index (χ3n) is 7.93. The van der Waals surface area contributed by atoms with Crippen molar-refractivity contribution in [1.29, 1.82) is 0 Å². The number of carbonyl (C=O) groups excluding carboxylic acids is 1. The van der Waals surface area contributed by atoms with Gasteiger partial charge in [-0.1, -0.05) is 18.2 Å². The fourth-order valence-electron chi connectivity index (χ4n) is 5.65. The highest BCUT2D eigenvalue weighted by Crippen LogP contribution is 2.34. The number of sulfone groups is 1. The summed E-state index contributed by atoms with van der Waals surface area (Å²) < 4.78 is 29.7. The van der Waals surface area contributed by atoms with Crippen LogP contribution in [0, 0.1) is 20.8 Å². The van der Waals surface area contributed by atoms with Crippen molar-refractivity contribution < 1.29 is 17.6 Å². The van der Waals surface area contributed by atoms with E-state index in [9.17, 15) is 13.2 Å². The second-order valence-corrected chi connectivity index (χ2v) is 13.3.